The summed E-state index contributed by atoms with van der Waals surface area (Å²) in [6.45, 7) is 0.131. The molecule has 0 amide bonds. The van der Waals surface area contributed by atoms with Crippen molar-refractivity contribution in [3.8, 4) is 0 Å². The molecule has 1 unspecified atom stereocenters. The lowest BCUT2D eigenvalue weighted by atomic mass is 10.2. The van der Waals surface area contributed by atoms with Crippen LogP contribution in [0.4, 0.5) is 5.69 Å². The summed E-state index contributed by atoms with van der Waals surface area (Å²) in [6.07, 6.45) is 2.99. The van der Waals surface area contributed by atoms with Crippen LogP contribution in [0, 0.1) is 0 Å². The Morgan fingerprint density at radius 2 is 2.20 bits per heavy atom. The molecule has 0 radical (unpaired) electrons. The van der Waals surface area contributed by atoms with Crippen molar-refractivity contribution in [2.75, 3.05) is 23.9 Å². The van der Waals surface area contributed by atoms with Crippen LogP contribution in [-0.4, -0.2) is 29.8 Å². The number of halogens is 1. The van der Waals surface area contributed by atoms with Gasteiger partial charge in [-0.05, 0) is 30.6 Å². The van der Waals surface area contributed by atoms with E-state index in [0.717, 1.165) is 17.9 Å². The Morgan fingerprint density at radius 3 is 2.80 bits per heavy atom. The molecule has 0 aliphatic carbocycles. The standard InChI is InChI=1S/C11H16ClNOS/c1-15-7-6-9(8-14)13-11-5-3-2-4-10(11)12/h2-5,9,13-14H,6-8H2,1H3. The third kappa shape index (κ3) is 4.33. The lowest BCUT2D eigenvalue weighted by Crippen LogP contribution is -2.24. The number of benzene rings is 1. The fourth-order valence-electron chi connectivity index (χ4n) is 1.27. The molecule has 84 valence electrons. The average molecular weight is 246 g/mol. The van der Waals surface area contributed by atoms with Crippen molar-refractivity contribution in [1.82, 2.24) is 0 Å². The van der Waals surface area contributed by atoms with Crippen LogP contribution in [0.15, 0.2) is 24.3 Å². The second-order valence-electron chi connectivity index (χ2n) is 3.29. The van der Waals surface area contributed by atoms with E-state index in [-0.39, 0.29) is 12.6 Å². The van der Waals surface area contributed by atoms with E-state index < -0.39 is 0 Å². The highest BCUT2D eigenvalue weighted by atomic mass is 35.5. The van der Waals surface area contributed by atoms with Gasteiger partial charge >= 0.3 is 0 Å². The Kier molecular flexibility index (Phi) is 5.91. The Bertz CT molecular complexity index is 296. The highest BCUT2D eigenvalue weighted by molar-refractivity contribution is 7.98. The number of anilines is 1. The summed E-state index contributed by atoms with van der Waals surface area (Å²) in [4.78, 5) is 0. The average Bonchev–Trinajstić information content (AvgIpc) is 2.26. The van der Waals surface area contributed by atoms with Gasteiger partial charge in [0.1, 0.15) is 0 Å². The van der Waals surface area contributed by atoms with Gasteiger partial charge in [0.05, 0.1) is 23.4 Å². The first-order chi connectivity index (χ1) is 7.27. The maximum atomic E-state index is 9.19. The number of aliphatic hydroxyl groups excluding tert-OH is 1. The summed E-state index contributed by atoms with van der Waals surface area (Å²) in [5, 5.41) is 13.1. The molecule has 0 aromatic heterocycles. The van der Waals surface area contributed by atoms with Crippen molar-refractivity contribution in [3.63, 3.8) is 0 Å². The molecule has 0 bridgehead atoms. The van der Waals surface area contributed by atoms with Gasteiger partial charge in [-0.2, -0.15) is 11.8 Å². The summed E-state index contributed by atoms with van der Waals surface area (Å²) in [5.41, 5.74) is 0.888. The van der Waals surface area contributed by atoms with Gasteiger partial charge in [-0.25, -0.2) is 0 Å². The maximum Gasteiger partial charge on any atom is 0.0637 e. The molecule has 1 atom stereocenters. The fourth-order valence-corrected chi connectivity index (χ4v) is 1.98. The monoisotopic (exact) mass is 245 g/mol. The summed E-state index contributed by atoms with van der Waals surface area (Å²) in [5.74, 6) is 1.03. The molecular formula is C11H16ClNOS. The Hall–Kier alpha value is -0.380. The molecule has 1 aromatic rings. The van der Waals surface area contributed by atoms with Crippen LogP contribution >= 0.6 is 23.4 Å². The van der Waals surface area contributed by atoms with Gasteiger partial charge in [-0.3, -0.25) is 0 Å². The van der Waals surface area contributed by atoms with E-state index in [1.54, 1.807) is 11.8 Å². The lowest BCUT2D eigenvalue weighted by Gasteiger charge is -2.17. The van der Waals surface area contributed by atoms with Crippen LogP contribution in [0.2, 0.25) is 5.02 Å². The third-order valence-electron chi connectivity index (χ3n) is 2.12. The zero-order valence-corrected chi connectivity index (χ0v) is 10.3. The minimum Gasteiger partial charge on any atom is -0.394 e. The molecule has 4 heteroatoms. The smallest absolute Gasteiger partial charge is 0.0637 e. The summed E-state index contributed by atoms with van der Waals surface area (Å²) >= 11 is 7.79. The van der Waals surface area contributed by atoms with Gasteiger partial charge < -0.3 is 10.4 Å². The Balaban J connectivity index is 2.54. The summed E-state index contributed by atoms with van der Waals surface area (Å²) in [7, 11) is 0. The number of aliphatic hydroxyl groups is 1. The molecule has 1 rings (SSSR count). The molecule has 0 aliphatic heterocycles. The normalized spacial score (nSPS) is 12.5. The molecule has 0 heterocycles. The Labute approximate surface area is 100 Å². The topological polar surface area (TPSA) is 32.3 Å². The van der Waals surface area contributed by atoms with Gasteiger partial charge in [-0.15, -0.1) is 0 Å². The zero-order chi connectivity index (χ0) is 11.1. The molecule has 2 N–H and O–H groups in total. The molecule has 0 fully saturated rings. The molecule has 2 nitrogen and oxygen atoms in total. The number of hydrogen-bond donors (Lipinski definition) is 2. The van der Waals surface area contributed by atoms with E-state index in [2.05, 4.69) is 11.6 Å². The maximum absolute atomic E-state index is 9.19. The first-order valence-electron chi connectivity index (χ1n) is 4.88. The lowest BCUT2D eigenvalue weighted by molar-refractivity contribution is 0.272. The van der Waals surface area contributed by atoms with Crippen molar-refractivity contribution in [1.29, 1.82) is 0 Å². The van der Waals surface area contributed by atoms with Crippen molar-refractivity contribution >= 4 is 29.1 Å². The SMILES string of the molecule is CSCCC(CO)Nc1ccccc1Cl. The molecular weight excluding hydrogens is 230 g/mol. The zero-order valence-electron chi connectivity index (χ0n) is 8.74. The molecule has 0 aliphatic rings. The number of hydrogen-bond acceptors (Lipinski definition) is 3. The summed E-state index contributed by atoms with van der Waals surface area (Å²) in [6, 6.07) is 7.66. The van der Waals surface area contributed by atoms with Crippen molar-refractivity contribution in [3.05, 3.63) is 29.3 Å². The van der Waals surface area contributed by atoms with E-state index in [0.29, 0.717) is 5.02 Å². The predicted molar refractivity (Wildman–Crippen MR) is 68.9 cm³/mol. The highest BCUT2D eigenvalue weighted by Gasteiger charge is 2.08. The van der Waals surface area contributed by atoms with Crippen molar-refractivity contribution in [2.45, 2.75) is 12.5 Å². The van der Waals surface area contributed by atoms with Crippen molar-refractivity contribution < 1.29 is 5.11 Å². The second-order valence-corrected chi connectivity index (χ2v) is 4.68. The quantitative estimate of drug-likeness (QED) is 0.809. The second kappa shape index (κ2) is 6.99. The van der Waals surface area contributed by atoms with Crippen molar-refractivity contribution in [2.24, 2.45) is 0 Å². The highest BCUT2D eigenvalue weighted by Crippen LogP contribution is 2.21. The first kappa shape index (κ1) is 12.7. The largest absolute Gasteiger partial charge is 0.394 e. The number of nitrogens with one attached hydrogen (secondary N) is 1. The molecule has 0 saturated carbocycles. The van der Waals surface area contributed by atoms with Crippen LogP contribution in [-0.2, 0) is 0 Å². The van der Waals surface area contributed by atoms with Crippen LogP contribution < -0.4 is 5.32 Å². The number of thioether (sulfide) groups is 1. The fraction of sp³-hybridized carbons (Fsp3) is 0.455. The van der Waals surface area contributed by atoms with Crippen LogP contribution in [0.3, 0.4) is 0 Å². The minimum absolute atomic E-state index is 0.0809. The van der Waals surface area contributed by atoms with Crippen LogP contribution in [0.5, 0.6) is 0 Å². The first-order valence-corrected chi connectivity index (χ1v) is 6.66. The van der Waals surface area contributed by atoms with Gasteiger partial charge in [0.25, 0.3) is 0 Å². The minimum atomic E-state index is 0.0809. The molecule has 1 aromatic carbocycles. The van der Waals surface area contributed by atoms with E-state index >= 15 is 0 Å². The van der Waals surface area contributed by atoms with Gasteiger partial charge in [0.2, 0.25) is 0 Å². The number of rotatable bonds is 6. The molecule has 15 heavy (non-hydrogen) atoms. The van der Waals surface area contributed by atoms with E-state index in [1.165, 1.54) is 0 Å². The molecule has 0 spiro atoms. The van der Waals surface area contributed by atoms with E-state index in [9.17, 15) is 5.11 Å². The van der Waals surface area contributed by atoms with Crippen LogP contribution in [0.1, 0.15) is 6.42 Å². The van der Waals surface area contributed by atoms with E-state index in [4.69, 9.17) is 11.6 Å². The molecule has 0 saturated heterocycles. The Morgan fingerprint density at radius 1 is 1.47 bits per heavy atom. The van der Waals surface area contributed by atoms with Gasteiger partial charge in [-0.1, -0.05) is 23.7 Å². The van der Waals surface area contributed by atoms with Crippen LogP contribution in [0.25, 0.3) is 0 Å². The number of para-hydroxylation sites is 1. The van der Waals surface area contributed by atoms with Gasteiger partial charge in [0, 0.05) is 0 Å². The third-order valence-corrected chi connectivity index (χ3v) is 3.10. The summed E-state index contributed by atoms with van der Waals surface area (Å²) < 4.78 is 0. The van der Waals surface area contributed by atoms with Gasteiger partial charge in [0.15, 0.2) is 0 Å². The predicted octanol–water partition coefficient (Wildman–Crippen LogP) is 2.87. The van der Waals surface area contributed by atoms with E-state index in [1.807, 2.05) is 24.3 Å².